The molecule has 1 saturated heterocycles. The third-order valence-corrected chi connectivity index (χ3v) is 6.98. The zero-order valence-electron chi connectivity index (χ0n) is 14.2. The molecule has 2 rings (SSSR count). The van der Waals surface area contributed by atoms with Crippen LogP contribution in [-0.4, -0.2) is 51.3 Å². The van der Waals surface area contributed by atoms with E-state index in [9.17, 15) is 8.42 Å². The maximum atomic E-state index is 12.1. The molecule has 0 saturated carbocycles. The van der Waals surface area contributed by atoms with Crippen LogP contribution in [-0.2, 0) is 15.6 Å². The lowest BCUT2D eigenvalue weighted by atomic mass is 10.2. The van der Waals surface area contributed by atoms with Crippen molar-refractivity contribution in [1.29, 1.82) is 0 Å². The Hall–Kier alpha value is -1.21. The predicted molar refractivity (Wildman–Crippen MR) is 103 cm³/mol. The summed E-state index contributed by atoms with van der Waals surface area (Å²) >= 11 is 2.00. The van der Waals surface area contributed by atoms with E-state index in [0.717, 1.165) is 18.1 Å². The fraction of sp³-hybridized carbons (Fsp3) is 0.588. The molecule has 1 aromatic rings. The fourth-order valence-corrected chi connectivity index (χ4v) is 5.27. The van der Waals surface area contributed by atoms with Gasteiger partial charge in [0.25, 0.3) is 0 Å². The molecular weight excluding hydrogens is 342 g/mol. The van der Waals surface area contributed by atoms with Gasteiger partial charge in [0.1, 0.15) is 0 Å². The van der Waals surface area contributed by atoms with E-state index in [0.29, 0.717) is 18.2 Å². The summed E-state index contributed by atoms with van der Waals surface area (Å²) < 4.78 is 24.3. The van der Waals surface area contributed by atoms with Crippen LogP contribution in [0.2, 0.25) is 0 Å². The molecule has 1 atom stereocenters. The standard InChI is InChI=1S/C17H27N3O2S2/c1-18-17(20-13-16-9-5-11-23-16)19-10-6-12-24(21,22)14-15-7-3-2-4-8-15/h2-4,7-8,16H,5-6,9-14H2,1H3,(H2,18,19,20). The third-order valence-electron chi connectivity index (χ3n) is 3.90. The second-order valence-electron chi connectivity index (χ2n) is 5.95. The number of sulfone groups is 1. The van der Waals surface area contributed by atoms with E-state index in [1.807, 2.05) is 42.1 Å². The van der Waals surface area contributed by atoms with Crippen molar-refractivity contribution in [1.82, 2.24) is 10.6 Å². The summed E-state index contributed by atoms with van der Waals surface area (Å²) in [4.78, 5) is 4.19. The molecule has 1 aliphatic heterocycles. The Bertz CT molecular complexity index is 612. The Labute approximate surface area is 149 Å². The highest BCUT2D eigenvalue weighted by Gasteiger charge is 2.15. The van der Waals surface area contributed by atoms with E-state index < -0.39 is 9.84 Å². The minimum absolute atomic E-state index is 0.111. The molecule has 134 valence electrons. The number of benzene rings is 1. The van der Waals surface area contributed by atoms with Gasteiger partial charge in [-0.3, -0.25) is 4.99 Å². The zero-order valence-corrected chi connectivity index (χ0v) is 15.8. The first kappa shape index (κ1) is 19.1. The minimum atomic E-state index is -3.07. The van der Waals surface area contributed by atoms with Gasteiger partial charge in [-0.1, -0.05) is 30.3 Å². The number of nitrogens with one attached hydrogen (secondary N) is 2. The highest BCUT2D eigenvalue weighted by atomic mass is 32.2. The first-order chi connectivity index (χ1) is 11.6. The lowest BCUT2D eigenvalue weighted by Gasteiger charge is -2.14. The molecule has 0 bridgehead atoms. The first-order valence-corrected chi connectivity index (χ1v) is 11.3. The summed E-state index contributed by atoms with van der Waals surface area (Å²) in [7, 11) is -1.33. The molecule has 0 aliphatic carbocycles. The lowest BCUT2D eigenvalue weighted by molar-refractivity contribution is 0.591. The van der Waals surface area contributed by atoms with Gasteiger partial charge in [-0.15, -0.1) is 0 Å². The van der Waals surface area contributed by atoms with E-state index in [-0.39, 0.29) is 11.5 Å². The average Bonchev–Trinajstić information content (AvgIpc) is 3.08. The van der Waals surface area contributed by atoms with Gasteiger partial charge >= 0.3 is 0 Å². The van der Waals surface area contributed by atoms with Crippen LogP contribution in [0.4, 0.5) is 0 Å². The second kappa shape index (κ2) is 9.93. The Kier molecular flexibility index (Phi) is 7.91. The van der Waals surface area contributed by atoms with Gasteiger partial charge in [-0.25, -0.2) is 8.42 Å². The van der Waals surface area contributed by atoms with Crippen molar-refractivity contribution in [3.05, 3.63) is 35.9 Å². The molecule has 1 aromatic carbocycles. The van der Waals surface area contributed by atoms with Crippen molar-refractivity contribution < 1.29 is 8.42 Å². The molecule has 1 heterocycles. The van der Waals surface area contributed by atoms with Crippen LogP contribution >= 0.6 is 11.8 Å². The number of guanidine groups is 1. The molecule has 7 heteroatoms. The molecule has 1 unspecified atom stereocenters. The molecule has 0 radical (unpaired) electrons. The molecule has 0 spiro atoms. The largest absolute Gasteiger partial charge is 0.356 e. The molecular formula is C17H27N3O2S2. The molecule has 24 heavy (non-hydrogen) atoms. The highest BCUT2D eigenvalue weighted by Crippen LogP contribution is 2.25. The van der Waals surface area contributed by atoms with Crippen LogP contribution in [0.1, 0.15) is 24.8 Å². The quantitative estimate of drug-likeness (QED) is 0.417. The summed E-state index contributed by atoms with van der Waals surface area (Å²) in [5, 5.41) is 7.17. The average molecular weight is 370 g/mol. The van der Waals surface area contributed by atoms with Crippen LogP contribution in [0, 0.1) is 0 Å². The maximum absolute atomic E-state index is 12.1. The highest BCUT2D eigenvalue weighted by molar-refractivity contribution is 8.00. The van der Waals surface area contributed by atoms with Crippen molar-refractivity contribution in [3.8, 4) is 0 Å². The second-order valence-corrected chi connectivity index (χ2v) is 9.54. The van der Waals surface area contributed by atoms with Gasteiger partial charge in [0.15, 0.2) is 15.8 Å². The van der Waals surface area contributed by atoms with Gasteiger partial charge in [-0.05, 0) is 30.6 Å². The summed E-state index contributed by atoms with van der Waals surface area (Å²) in [5.41, 5.74) is 0.844. The topological polar surface area (TPSA) is 70.6 Å². The Morgan fingerprint density at radius 3 is 2.75 bits per heavy atom. The lowest BCUT2D eigenvalue weighted by Crippen LogP contribution is -2.40. The van der Waals surface area contributed by atoms with Gasteiger partial charge in [0.2, 0.25) is 0 Å². The van der Waals surface area contributed by atoms with E-state index in [2.05, 4.69) is 15.6 Å². The molecule has 5 nitrogen and oxygen atoms in total. The Morgan fingerprint density at radius 2 is 2.08 bits per heavy atom. The van der Waals surface area contributed by atoms with Gasteiger partial charge in [0, 0.05) is 25.4 Å². The van der Waals surface area contributed by atoms with Crippen LogP contribution in [0.5, 0.6) is 0 Å². The summed E-state index contributed by atoms with van der Waals surface area (Å²) in [5.74, 6) is 2.30. The molecule has 1 aliphatic rings. The minimum Gasteiger partial charge on any atom is -0.356 e. The molecule has 0 aromatic heterocycles. The molecule has 1 fully saturated rings. The van der Waals surface area contributed by atoms with Crippen molar-refractivity contribution >= 4 is 27.6 Å². The van der Waals surface area contributed by atoms with Gasteiger partial charge in [0.05, 0.1) is 11.5 Å². The number of hydrogen-bond donors (Lipinski definition) is 2. The Morgan fingerprint density at radius 1 is 1.29 bits per heavy atom. The Balaban J connectivity index is 1.65. The van der Waals surface area contributed by atoms with E-state index >= 15 is 0 Å². The number of thioether (sulfide) groups is 1. The zero-order chi connectivity index (χ0) is 17.3. The molecule has 2 N–H and O–H groups in total. The van der Waals surface area contributed by atoms with Crippen LogP contribution in [0.15, 0.2) is 35.3 Å². The van der Waals surface area contributed by atoms with Crippen molar-refractivity contribution in [2.45, 2.75) is 30.3 Å². The number of rotatable bonds is 8. The van der Waals surface area contributed by atoms with Gasteiger partial charge < -0.3 is 10.6 Å². The van der Waals surface area contributed by atoms with Crippen molar-refractivity contribution in [2.24, 2.45) is 4.99 Å². The van der Waals surface area contributed by atoms with Crippen LogP contribution in [0.3, 0.4) is 0 Å². The first-order valence-electron chi connectivity index (χ1n) is 8.39. The number of hydrogen-bond acceptors (Lipinski definition) is 4. The molecule has 0 amide bonds. The number of nitrogens with zero attached hydrogens (tertiary/aromatic N) is 1. The van der Waals surface area contributed by atoms with Crippen LogP contribution in [0.25, 0.3) is 0 Å². The van der Waals surface area contributed by atoms with Crippen molar-refractivity contribution in [3.63, 3.8) is 0 Å². The van der Waals surface area contributed by atoms with Crippen molar-refractivity contribution in [2.75, 3.05) is 31.6 Å². The SMILES string of the molecule is CN=C(NCCCS(=O)(=O)Cc1ccccc1)NCC1CCCS1. The monoisotopic (exact) mass is 369 g/mol. The summed E-state index contributed by atoms with van der Waals surface area (Å²) in [6.07, 6.45) is 3.13. The van der Waals surface area contributed by atoms with E-state index in [1.54, 1.807) is 7.05 Å². The fourth-order valence-electron chi connectivity index (χ4n) is 2.64. The van der Waals surface area contributed by atoms with E-state index in [4.69, 9.17) is 0 Å². The van der Waals surface area contributed by atoms with E-state index in [1.165, 1.54) is 18.6 Å². The predicted octanol–water partition coefficient (Wildman–Crippen LogP) is 2.05. The third kappa shape index (κ3) is 7.13. The maximum Gasteiger partial charge on any atom is 0.191 e. The summed E-state index contributed by atoms with van der Waals surface area (Å²) in [6.45, 7) is 1.52. The van der Waals surface area contributed by atoms with Crippen LogP contribution < -0.4 is 10.6 Å². The smallest absolute Gasteiger partial charge is 0.191 e. The van der Waals surface area contributed by atoms with Gasteiger partial charge in [-0.2, -0.15) is 11.8 Å². The summed E-state index contributed by atoms with van der Waals surface area (Å²) in [6, 6.07) is 9.32. The normalized spacial score (nSPS) is 18.5. The number of aliphatic imine (C=N–C) groups is 1.